The third kappa shape index (κ3) is 1.17. The maximum absolute atomic E-state index is 8.91. The average molecular weight is 152 g/mol. The Balaban J connectivity index is 2.56. The van der Waals surface area contributed by atoms with Crippen molar-refractivity contribution in [2.45, 2.75) is 6.23 Å². The Bertz CT molecular complexity index is 127. The van der Waals surface area contributed by atoms with Crippen molar-refractivity contribution in [1.82, 2.24) is 4.31 Å². The highest BCUT2D eigenvalue weighted by molar-refractivity contribution is 8.02. The van der Waals surface area contributed by atoms with Crippen molar-refractivity contribution in [3.8, 4) is 0 Å². The van der Waals surface area contributed by atoms with Gasteiger partial charge in [0.15, 0.2) is 0 Å². The van der Waals surface area contributed by atoms with Crippen molar-refractivity contribution in [3.63, 3.8) is 0 Å². The van der Waals surface area contributed by atoms with Gasteiger partial charge in [0.2, 0.25) is 0 Å². The van der Waals surface area contributed by atoms with Crippen molar-refractivity contribution in [2.75, 3.05) is 7.05 Å². The first-order valence-electron chi connectivity index (χ1n) is 2.16. The first kappa shape index (κ1) is 6.42. The molecule has 1 unspecified atom stereocenters. The van der Waals surface area contributed by atoms with Crippen LogP contribution in [0.4, 0.5) is 0 Å². The predicted octanol–water partition coefficient (Wildman–Crippen LogP) is 0.979. The van der Waals surface area contributed by atoms with E-state index in [9.17, 15) is 0 Å². The Hall–Kier alpha value is 0.300. The van der Waals surface area contributed by atoms with Crippen LogP contribution in [-0.4, -0.2) is 22.7 Å². The lowest BCUT2D eigenvalue weighted by molar-refractivity contribution is 0.137. The van der Waals surface area contributed by atoms with Crippen LogP contribution in [0.3, 0.4) is 0 Å². The summed E-state index contributed by atoms with van der Waals surface area (Å²) in [5.41, 5.74) is 0. The normalized spacial score (nSPS) is 30.9. The van der Waals surface area contributed by atoms with Gasteiger partial charge in [0, 0.05) is 7.05 Å². The molecule has 8 heavy (non-hydrogen) atoms. The highest BCUT2D eigenvalue weighted by atomic mass is 35.5. The minimum atomic E-state index is -0.507. The molecule has 0 saturated carbocycles. The SMILES string of the molecule is CN1SC(Cl)=CC1O. The molecule has 1 heterocycles. The van der Waals surface area contributed by atoms with Crippen LogP contribution >= 0.6 is 23.5 Å². The van der Waals surface area contributed by atoms with Gasteiger partial charge in [-0.3, -0.25) is 0 Å². The van der Waals surface area contributed by atoms with Crippen LogP contribution in [0.5, 0.6) is 0 Å². The Morgan fingerprint density at radius 3 is 2.75 bits per heavy atom. The molecule has 1 aliphatic rings. The van der Waals surface area contributed by atoms with Crippen molar-refractivity contribution in [1.29, 1.82) is 0 Å². The quantitative estimate of drug-likeness (QED) is 0.522. The zero-order chi connectivity index (χ0) is 6.15. The second-order valence-electron chi connectivity index (χ2n) is 1.52. The van der Waals surface area contributed by atoms with E-state index in [0.29, 0.717) is 4.36 Å². The van der Waals surface area contributed by atoms with E-state index in [2.05, 4.69) is 0 Å². The lowest BCUT2D eigenvalue weighted by Gasteiger charge is -2.09. The summed E-state index contributed by atoms with van der Waals surface area (Å²) in [5, 5.41) is 8.91. The Kier molecular flexibility index (Phi) is 1.82. The predicted molar refractivity (Wildman–Crippen MR) is 35.3 cm³/mol. The molecular weight excluding hydrogens is 146 g/mol. The number of halogens is 1. The summed E-state index contributed by atoms with van der Waals surface area (Å²) < 4.78 is 2.31. The van der Waals surface area contributed by atoms with E-state index in [1.807, 2.05) is 0 Å². The van der Waals surface area contributed by atoms with Crippen molar-refractivity contribution in [3.05, 3.63) is 10.4 Å². The zero-order valence-corrected chi connectivity index (χ0v) is 5.91. The Morgan fingerprint density at radius 2 is 2.62 bits per heavy atom. The minimum absolute atomic E-state index is 0.507. The molecule has 2 nitrogen and oxygen atoms in total. The van der Waals surface area contributed by atoms with Gasteiger partial charge in [-0.1, -0.05) is 11.6 Å². The van der Waals surface area contributed by atoms with Crippen LogP contribution in [0, 0.1) is 0 Å². The molecular formula is C4H6ClNOS. The van der Waals surface area contributed by atoms with E-state index in [4.69, 9.17) is 16.7 Å². The number of hydrogen-bond acceptors (Lipinski definition) is 3. The van der Waals surface area contributed by atoms with E-state index in [1.165, 1.54) is 11.9 Å². The second-order valence-corrected chi connectivity index (χ2v) is 3.35. The maximum Gasteiger partial charge on any atom is 0.137 e. The van der Waals surface area contributed by atoms with Gasteiger partial charge in [-0.05, 0) is 18.0 Å². The zero-order valence-electron chi connectivity index (χ0n) is 4.34. The summed E-state index contributed by atoms with van der Waals surface area (Å²) in [6.07, 6.45) is 1.08. The van der Waals surface area contributed by atoms with Gasteiger partial charge >= 0.3 is 0 Å². The molecule has 1 N–H and O–H groups in total. The molecule has 1 atom stereocenters. The summed E-state index contributed by atoms with van der Waals surface area (Å²) in [6.45, 7) is 0. The standard InChI is InChI=1S/C4H6ClNOS/c1-6-4(7)2-3(5)8-6/h2,4,7H,1H3. The van der Waals surface area contributed by atoms with Crippen LogP contribution in [0.25, 0.3) is 0 Å². The van der Waals surface area contributed by atoms with Crippen LogP contribution in [0.2, 0.25) is 0 Å². The van der Waals surface area contributed by atoms with Crippen LogP contribution < -0.4 is 0 Å². The number of rotatable bonds is 0. The topological polar surface area (TPSA) is 23.5 Å². The molecule has 0 bridgehead atoms. The lowest BCUT2D eigenvalue weighted by atomic mass is 10.6. The molecule has 0 radical (unpaired) electrons. The number of aliphatic hydroxyl groups excluding tert-OH is 1. The van der Waals surface area contributed by atoms with Crippen molar-refractivity contribution in [2.24, 2.45) is 0 Å². The summed E-state index contributed by atoms with van der Waals surface area (Å²) in [6, 6.07) is 0. The third-order valence-corrected chi connectivity index (χ3v) is 2.03. The minimum Gasteiger partial charge on any atom is -0.374 e. The van der Waals surface area contributed by atoms with Crippen LogP contribution in [0.15, 0.2) is 10.4 Å². The molecule has 0 aromatic rings. The van der Waals surface area contributed by atoms with Gasteiger partial charge < -0.3 is 5.11 Å². The summed E-state index contributed by atoms with van der Waals surface area (Å²) in [4.78, 5) is 0. The van der Waals surface area contributed by atoms with E-state index in [1.54, 1.807) is 17.4 Å². The number of likely N-dealkylation sites (N-methyl/N-ethyl adjacent to an activating group) is 1. The monoisotopic (exact) mass is 151 g/mol. The summed E-state index contributed by atoms with van der Waals surface area (Å²) >= 11 is 6.86. The number of hydrogen-bond donors (Lipinski definition) is 1. The van der Waals surface area contributed by atoms with Gasteiger partial charge in [0.1, 0.15) is 6.23 Å². The Morgan fingerprint density at radius 1 is 2.00 bits per heavy atom. The van der Waals surface area contributed by atoms with Gasteiger partial charge in [-0.25, -0.2) is 4.31 Å². The largest absolute Gasteiger partial charge is 0.374 e. The van der Waals surface area contributed by atoms with Gasteiger partial charge in [0.05, 0.1) is 4.36 Å². The smallest absolute Gasteiger partial charge is 0.137 e. The first-order valence-corrected chi connectivity index (χ1v) is 3.31. The molecule has 1 aliphatic heterocycles. The molecule has 46 valence electrons. The molecule has 0 aromatic carbocycles. The van der Waals surface area contributed by atoms with Crippen LogP contribution in [-0.2, 0) is 0 Å². The average Bonchev–Trinajstić information content (AvgIpc) is 1.85. The molecule has 1 rings (SSSR count). The third-order valence-electron chi connectivity index (χ3n) is 0.884. The highest BCUT2D eigenvalue weighted by Crippen LogP contribution is 2.31. The molecule has 0 aliphatic carbocycles. The molecule has 0 fully saturated rings. The van der Waals surface area contributed by atoms with Gasteiger partial charge in [-0.2, -0.15) is 0 Å². The summed E-state index contributed by atoms with van der Waals surface area (Å²) in [5.74, 6) is 0. The molecule has 4 heteroatoms. The molecule has 0 amide bonds. The number of nitrogens with zero attached hydrogens (tertiary/aromatic N) is 1. The number of aliphatic hydroxyl groups is 1. The molecule has 0 aromatic heterocycles. The molecule has 0 spiro atoms. The van der Waals surface area contributed by atoms with E-state index in [0.717, 1.165) is 0 Å². The first-order chi connectivity index (χ1) is 3.70. The lowest BCUT2D eigenvalue weighted by Crippen LogP contribution is -2.17. The fraction of sp³-hybridized carbons (Fsp3) is 0.500. The van der Waals surface area contributed by atoms with Crippen molar-refractivity contribution >= 4 is 23.5 Å². The van der Waals surface area contributed by atoms with E-state index < -0.39 is 6.23 Å². The van der Waals surface area contributed by atoms with E-state index >= 15 is 0 Å². The van der Waals surface area contributed by atoms with Crippen LogP contribution in [0.1, 0.15) is 0 Å². The van der Waals surface area contributed by atoms with Crippen molar-refractivity contribution < 1.29 is 5.11 Å². The summed E-state index contributed by atoms with van der Waals surface area (Å²) in [7, 11) is 1.78. The Labute approximate surface area is 57.3 Å². The molecule has 0 saturated heterocycles. The van der Waals surface area contributed by atoms with Gasteiger partial charge in [-0.15, -0.1) is 0 Å². The van der Waals surface area contributed by atoms with E-state index in [-0.39, 0.29) is 0 Å². The fourth-order valence-electron chi connectivity index (χ4n) is 0.444. The maximum atomic E-state index is 8.91. The fourth-order valence-corrected chi connectivity index (χ4v) is 1.51. The second kappa shape index (κ2) is 2.27. The van der Waals surface area contributed by atoms with Gasteiger partial charge in [0.25, 0.3) is 0 Å². The highest BCUT2D eigenvalue weighted by Gasteiger charge is 2.17.